The third kappa shape index (κ3) is 4.20. The van der Waals surface area contributed by atoms with Gasteiger partial charge < -0.3 is 0 Å². The second kappa shape index (κ2) is 11.6. The quantitative estimate of drug-likeness (QED) is 0.181. The molecule has 4 heteroatoms. The Kier molecular flexibility index (Phi) is 6.42. The average molecular weight is 718 g/mol. The van der Waals surface area contributed by atoms with Gasteiger partial charge in [0.15, 0.2) is 0 Å². The molecule has 0 atom stereocenters. The van der Waals surface area contributed by atoms with E-state index >= 15 is 0 Å². The fourth-order valence-electron chi connectivity index (χ4n) is 9.42. The smallest absolute Gasteiger partial charge is 0.235 e. The van der Waals surface area contributed by atoms with Crippen molar-refractivity contribution in [2.75, 3.05) is 0 Å². The van der Waals surface area contributed by atoms with Crippen LogP contribution in [0.5, 0.6) is 0 Å². The molecular formula is C51H31N3S. The van der Waals surface area contributed by atoms with Gasteiger partial charge in [-0.15, -0.1) is 11.3 Å². The van der Waals surface area contributed by atoms with E-state index in [2.05, 4.69) is 193 Å². The van der Waals surface area contributed by atoms with E-state index in [1.165, 1.54) is 59.6 Å². The molecule has 0 fully saturated rings. The van der Waals surface area contributed by atoms with Crippen LogP contribution in [0, 0.1) is 0 Å². The van der Waals surface area contributed by atoms with E-state index in [9.17, 15) is 0 Å². The number of para-hydroxylation sites is 1. The molecule has 0 bridgehead atoms. The van der Waals surface area contributed by atoms with Crippen LogP contribution < -0.4 is 0 Å². The first-order valence-electron chi connectivity index (χ1n) is 18.8. The fraction of sp³-hybridized carbons (Fsp3) is 0.0196. The largest absolute Gasteiger partial charge is 0.278 e. The lowest BCUT2D eigenvalue weighted by molar-refractivity contribution is 0.768. The van der Waals surface area contributed by atoms with Crippen LogP contribution in [0.15, 0.2) is 188 Å². The van der Waals surface area contributed by atoms with E-state index in [1.54, 1.807) is 11.3 Å². The summed E-state index contributed by atoms with van der Waals surface area (Å²) < 4.78 is 4.58. The average Bonchev–Trinajstić information content (AvgIpc) is 3.89. The van der Waals surface area contributed by atoms with Gasteiger partial charge in [0.05, 0.1) is 32.4 Å². The van der Waals surface area contributed by atoms with Gasteiger partial charge in [-0.2, -0.15) is 0 Å². The van der Waals surface area contributed by atoms with Crippen LogP contribution in [-0.2, 0) is 5.41 Å². The number of nitrogens with zero attached hydrogens (tertiary/aromatic N) is 3. The van der Waals surface area contributed by atoms with Crippen molar-refractivity contribution in [3.63, 3.8) is 0 Å². The Morgan fingerprint density at radius 2 is 1.07 bits per heavy atom. The molecule has 0 aliphatic heterocycles. The SMILES string of the molecule is c1ccc(C2(c3ccccc3)c3ccccc3-c3c(-c4nc(-n5c6ccccc6c6cc7ccccc7cc65)nc5c4sc4ccccc45)cccc32)cc1. The summed E-state index contributed by atoms with van der Waals surface area (Å²) in [5.41, 5.74) is 12.2. The molecule has 55 heavy (non-hydrogen) atoms. The summed E-state index contributed by atoms with van der Waals surface area (Å²) >= 11 is 1.78. The number of rotatable bonds is 4. The van der Waals surface area contributed by atoms with Crippen LogP contribution in [-0.4, -0.2) is 14.5 Å². The molecule has 0 saturated carbocycles. The summed E-state index contributed by atoms with van der Waals surface area (Å²) in [6.07, 6.45) is 0. The molecule has 0 amide bonds. The summed E-state index contributed by atoms with van der Waals surface area (Å²) in [5.74, 6) is 0.675. The van der Waals surface area contributed by atoms with Crippen molar-refractivity contribution < 1.29 is 0 Å². The predicted octanol–water partition coefficient (Wildman–Crippen LogP) is 13.1. The second-order valence-electron chi connectivity index (χ2n) is 14.5. The van der Waals surface area contributed by atoms with Gasteiger partial charge in [-0.3, -0.25) is 4.57 Å². The van der Waals surface area contributed by atoms with Gasteiger partial charge in [-0.1, -0.05) is 164 Å². The van der Waals surface area contributed by atoms with Crippen molar-refractivity contribution in [2.24, 2.45) is 0 Å². The summed E-state index contributed by atoms with van der Waals surface area (Å²) in [7, 11) is 0. The first-order chi connectivity index (χ1) is 27.3. The fourth-order valence-corrected chi connectivity index (χ4v) is 10.6. The number of fused-ring (bicyclic) bond motifs is 10. The Morgan fingerprint density at radius 1 is 0.455 bits per heavy atom. The molecular weight excluding hydrogens is 687 g/mol. The molecule has 3 aromatic heterocycles. The minimum absolute atomic E-state index is 0.506. The van der Waals surface area contributed by atoms with Gasteiger partial charge in [0, 0.05) is 26.4 Å². The summed E-state index contributed by atoms with van der Waals surface area (Å²) in [5, 5.41) is 5.94. The Hall–Kier alpha value is -6.88. The molecule has 3 heterocycles. The van der Waals surface area contributed by atoms with Gasteiger partial charge in [-0.25, -0.2) is 9.97 Å². The van der Waals surface area contributed by atoms with Crippen molar-refractivity contribution in [1.82, 2.24) is 14.5 Å². The van der Waals surface area contributed by atoms with Crippen molar-refractivity contribution in [2.45, 2.75) is 5.41 Å². The zero-order valence-electron chi connectivity index (χ0n) is 29.6. The molecule has 12 rings (SSSR count). The normalized spacial score (nSPS) is 13.2. The van der Waals surface area contributed by atoms with Gasteiger partial charge in [0.1, 0.15) is 0 Å². The highest BCUT2D eigenvalue weighted by molar-refractivity contribution is 7.26. The van der Waals surface area contributed by atoms with E-state index < -0.39 is 5.41 Å². The Labute approximate surface area is 321 Å². The van der Waals surface area contributed by atoms with E-state index in [-0.39, 0.29) is 0 Å². The number of hydrogen-bond donors (Lipinski definition) is 0. The number of benzene rings is 8. The lowest BCUT2D eigenvalue weighted by Gasteiger charge is -2.33. The molecule has 0 N–H and O–H groups in total. The molecule has 0 unspecified atom stereocenters. The standard InChI is InChI=1S/C51H31N3S/c1-3-18-34(19-4-1)51(35-20-5-2-6-21-35)41-26-12-9-23-37(41)46-39(25-15-27-42(46)51)48-49-47(38-24-11-14-29-45(38)55-49)52-50(53-48)54-43-28-13-10-22-36(43)40-30-32-16-7-8-17-33(32)31-44(40)54/h1-31H. The van der Waals surface area contributed by atoms with Gasteiger partial charge >= 0.3 is 0 Å². The maximum absolute atomic E-state index is 5.70. The van der Waals surface area contributed by atoms with Gasteiger partial charge in [-0.05, 0) is 68.4 Å². The minimum atomic E-state index is -0.506. The van der Waals surface area contributed by atoms with Crippen molar-refractivity contribution in [1.29, 1.82) is 0 Å². The lowest BCUT2D eigenvalue weighted by Crippen LogP contribution is -2.28. The monoisotopic (exact) mass is 717 g/mol. The van der Waals surface area contributed by atoms with Crippen molar-refractivity contribution in [3.8, 4) is 28.3 Å². The van der Waals surface area contributed by atoms with E-state index in [0.717, 1.165) is 37.9 Å². The third-order valence-corrected chi connectivity index (χ3v) is 12.9. The summed E-state index contributed by atoms with van der Waals surface area (Å²) in [6, 6.07) is 68.3. The van der Waals surface area contributed by atoms with Crippen LogP contribution in [0.1, 0.15) is 22.3 Å². The van der Waals surface area contributed by atoms with E-state index in [0.29, 0.717) is 5.95 Å². The summed E-state index contributed by atoms with van der Waals surface area (Å²) in [6.45, 7) is 0. The molecule has 0 spiro atoms. The minimum Gasteiger partial charge on any atom is -0.278 e. The Balaban J connectivity index is 1.22. The van der Waals surface area contributed by atoms with E-state index in [1.807, 2.05) is 0 Å². The number of hydrogen-bond acceptors (Lipinski definition) is 3. The maximum atomic E-state index is 5.70. The Bertz CT molecular complexity index is 3280. The number of thiophene rings is 1. The van der Waals surface area contributed by atoms with Gasteiger partial charge in [0.25, 0.3) is 0 Å². The van der Waals surface area contributed by atoms with Crippen LogP contribution >= 0.6 is 11.3 Å². The van der Waals surface area contributed by atoms with Crippen LogP contribution in [0.25, 0.3) is 81.2 Å². The van der Waals surface area contributed by atoms with Crippen LogP contribution in [0.3, 0.4) is 0 Å². The second-order valence-corrected chi connectivity index (χ2v) is 15.5. The Morgan fingerprint density at radius 3 is 1.87 bits per heavy atom. The number of aromatic nitrogens is 3. The first-order valence-corrected chi connectivity index (χ1v) is 19.6. The summed E-state index contributed by atoms with van der Waals surface area (Å²) in [4.78, 5) is 11.2. The van der Waals surface area contributed by atoms with Crippen molar-refractivity contribution in [3.05, 3.63) is 210 Å². The lowest BCUT2D eigenvalue weighted by atomic mass is 9.67. The topological polar surface area (TPSA) is 30.7 Å². The highest BCUT2D eigenvalue weighted by Gasteiger charge is 2.47. The molecule has 0 saturated heterocycles. The van der Waals surface area contributed by atoms with E-state index in [4.69, 9.17) is 9.97 Å². The van der Waals surface area contributed by atoms with Crippen LogP contribution in [0.4, 0.5) is 0 Å². The first kappa shape index (κ1) is 30.6. The zero-order valence-corrected chi connectivity index (χ0v) is 30.5. The third-order valence-electron chi connectivity index (χ3n) is 11.7. The molecule has 3 nitrogen and oxygen atoms in total. The molecule has 0 radical (unpaired) electrons. The predicted molar refractivity (Wildman–Crippen MR) is 230 cm³/mol. The van der Waals surface area contributed by atoms with Gasteiger partial charge in [0.2, 0.25) is 5.95 Å². The van der Waals surface area contributed by atoms with Crippen LogP contribution in [0.2, 0.25) is 0 Å². The molecule has 256 valence electrons. The zero-order chi connectivity index (χ0) is 36.1. The highest BCUT2D eigenvalue weighted by Crippen LogP contribution is 2.58. The molecule has 11 aromatic rings. The molecule has 1 aliphatic carbocycles. The van der Waals surface area contributed by atoms with Crippen molar-refractivity contribution >= 4 is 64.2 Å². The maximum Gasteiger partial charge on any atom is 0.235 e. The molecule has 1 aliphatic rings. The highest BCUT2D eigenvalue weighted by atomic mass is 32.1. The molecule has 8 aromatic carbocycles.